The molecule has 14 heteroatoms. The summed E-state index contributed by atoms with van der Waals surface area (Å²) in [7, 11) is -8.29. The van der Waals surface area contributed by atoms with Gasteiger partial charge in [0.05, 0.1) is 21.9 Å². The van der Waals surface area contributed by atoms with E-state index in [0.717, 1.165) is 21.3 Å². The van der Waals surface area contributed by atoms with Gasteiger partial charge in [-0.25, -0.2) is 26.9 Å². The highest BCUT2D eigenvalue weighted by Gasteiger charge is 2.47. The van der Waals surface area contributed by atoms with Crippen molar-refractivity contribution in [3.05, 3.63) is 77.3 Å². The minimum atomic E-state index is -4.29. The molecule has 2 aliphatic heterocycles. The lowest BCUT2D eigenvalue weighted by molar-refractivity contribution is -0.122. The number of carbonyl (C=O) groups excluding carboxylic acids is 2. The summed E-state index contributed by atoms with van der Waals surface area (Å²) in [5.41, 5.74) is 0.588. The van der Waals surface area contributed by atoms with E-state index >= 15 is 0 Å². The number of anilines is 1. The summed E-state index contributed by atoms with van der Waals surface area (Å²) in [6, 6.07) is 13.8. The van der Waals surface area contributed by atoms with Crippen molar-refractivity contribution >= 4 is 49.1 Å². The van der Waals surface area contributed by atoms with Crippen molar-refractivity contribution in [3.8, 4) is 11.5 Å². The number of carbonyl (C=O) groups is 2. The van der Waals surface area contributed by atoms with E-state index in [1.165, 1.54) is 36.4 Å². The van der Waals surface area contributed by atoms with Crippen molar-refractivity contribution in [3.63, 3.8) is 0 Å². The molecule has 3 aromatic rings. The summed E-state index contributed by atoms with van der Waals surface area (Å²) in [5.74, 6) is -0.499. The van der Waals surface area contributed by atoms with Gasteiger partial charge in [-0.3, -0.25) is 9.59 Å². The zero-order chi connectivity index (χ0) is 27.2. The lowest BCUT2D eigenvalue weighted by atomic mass is 10.1. The molecular formula is C24H20ClN3O8S2. The summed E-state index contributed by atoms with van der Waals surface area (Å²) >= 11 is 5.94. The second-order valence-corrected chi connectivity index (χ2v) is 12.4. The largest absolute Gasteiger partial charge is 0.454 e. The Bertz CT molecular complexity index is 1640. The molecule has 2 aliphatic rings. The Morgan fingerprint density at radius 2 is 1.53 bits per heavy atom. The lowest BCUT2D eigenvalue weighted by Gasteiger charge is -2.27. The molecule has 0 saturated carbocycles. The second kappa shape index (κ2) is 9.67. The Hall–Kier alpha value is -3.49. The molecule has 198 valence electrons. The molecule has 5 rings (SSSR count). The van der Waals surface area contributed by atoms with Gasteiger partial charge in [-0.15, -0.1) is 0 Å². The van der Waals surface area contributed by atoms with Crippen LogP contribution in [0.15, 0.2) is 76.5 Å². The van der Waals surface area contributed by atoms with Crippen LogP contribution >= 0.6 is 11.6 Å². The van der Waals surface area contributed by atoms with Crippen molar-refractivity contribution < 1.29 is 35.9 Å². The first-order valence-electron chi connectivity index (χ1n) is 11.1. The first kappa shape index (κ1) is 26.1. The number of rotatable bonds is 7. The number of hydrogen-bond acceptors (Lipinski definition) is 8. The molecule has 11 nitrogen and oxygen atoms in total. The van der Waals surface area contributed by atoms with E-state index < -0.39 is 44.3 Å². The van der Waals surface area contributed by atoms with E-state index in [2.05, 4.69) is 0 Å². The normalized spacial score (nSPS) is 17.4. The van der Waals surface area contributed by atoms with Crippen molar-refractivity contribution in [2.45, 2.75) is 28.8 Å². The van der Waals surface area contributed by atoms with Crippen molar-refractivity contribution in [1.29, 1.82) is 0 Å². The molecule has 3 aromatic carbocycles. The van der Waals surface area contributed by atoms with E-state index in [1.807, 2.05) is 0 Å². The molecule has 1 saturated heterocycles. The Kier molecular flexibility index (Phi) is 6.65. The quantitative estimate of drug-likeness (QED) is 0.419. The molecule has 1 atom stereocenters. The summed E-state index contributed by atoms with van der Waals surface area (Å²) in [6.45, 7) is -0.218. The highest BCUT2D eigenvalue weighted by Crippen LogP contribution is 2.35. The fraction of sp³-hybridized carbons (Fsp3) is 0.167. The number of nitrogens with two attached hydrogens (primary N) is 1. The number of ether oxygens (including phenoxy) is 2. The third kappa shape index (κ3) is 4.86. The number of sulfonamides is 2. The Balaban J connectivity index is 1.52. The number of nitrogens with zero attached hydrogens (tertiary/aromatic N) is 2. The predicted octanol–water partition coefficient (Wildman–Crippen LogP) is 2.24. The lowest BCUT2D eigenvalue weighted by Crippen LogP contribution is -2.45. The predicted molar refractivity (Wildman–Crippen MR) is 135 cm³/mol. The van der Waals surface area contributed by atoms with Gasteiger partial charge in [0.2, 0.25) is 32.7 Å². The van der Waals surface area contributed by atoms with Crippen LogP contribution in [-0.4, -0.2) is 45.8 Å². The van der Waals surface area contributed by atoms with Crippen molar-refractivity contribution in [2.75, 3.05) is 11.7 Å². The van der Waals surface area contributed by atoms with Crippen LogP contribution in [0.25, 0.3) is 0 Å². The average Bonchev–Trinajstić information content (AvgIpc) is 3.45. The molecule has 0 bridgehead atoms. The number of amides is 2. The molecule has 0 radical (unpaired) electrons. The number of halogens is 1. The third-order valence-corrected chi connectivity index (χ3v) is 9.14. The van der Waals surface area contributed by atoms with Crippen molar-refractivity contribution in [2.24, 2.45) is 5.14 Å². The third-order valence-electron chi connectivity index (χ3n) is 6.09. The van der Waals surface area contributed by atoms with Gasteiger partial charge < -0.3 is 9.47 Å². The Morgan fingerprint density at radius 1 is 0.895 bits per heavy atom. The van der Waals surface area contributed by atoms with Crippen LogP contribution < -0.4 is 19.5 Å². The molecule has 0 aliphatic carbocycles. The maximum Gasteiger partial charge on any atom is 0.252 e. The maximum absolute atomic E-state index is 13.8. The van der Waals surface area contributed by atoms with E-state index in [9.17, 15) is 26.4 Å². The smallest absolute Gasteiger partial charge is 0.252 e. The maximum atomic E-state index is 13.8. The highest BCUT2D eigenvalue weighted by atomic mass is 35.5. The van der Waals surface area contributed by atoms with E-state index in [4.69, 9.17) is 26.2 Å². The molecule has 2 heterocycles. The minimum absolute atomic E-state index is 0.0282. The molecule has 0 aromatic heterocycles. The van der Waals surface area contributed by atoms with Gasteiger partial charge in [0.25, 0.3) is 5.91 Å². The van der Waals surface area contributed by atoms with E-state index in [1.54, 1.807) is 18.2 Å². The fourth-order valence-electron chi connectivity index (χ4n) is 4.22. The SMILES string of the molecule is NS(=O)(=O)c1ccc(N2C(=O)CC(N(Cc3ccc4c(c3)OCO4)S(=O)(=O)c3ccc(Cl)cc3)C2=O)cc1. The minimum Gasteiger partial charge on any atom is -0.454 e. The summed E-state index contributed by atoms with van der Waals surface area (Å²) < 4.78 is 62.4. The van der Waals surface area contributed by atoms with E-state index in [-0.39, 0.29) is 28.8 Å². The van der Waals surface area contributed by atoms with Gasteiger partial charge in [0.1, 0.15) is 6.04 Å². The fourth-order valence-corrected chi connectivity index (χ4v) is 6.43. The summed E-state index contributed by atoms with van der Waals surface area (Å²) in [5, 5.41) is 5.45. The number of hydrogen-bond donors (Lipinski definition) is 1. The van der Waals surface area contributed by atoms with Gasteiger partial charge >= 0.3 is 0 Å². The van der Waals surface area contributed by atoms with Gasteiger partial charge in [-0.05, 0) is 66.2 Å². The Labute approximate surface area is 223 Å². The topological polar surface area (TPSA) is 153 Å². The number of fused-ring (bicyclic) bond motifs is 1. The van der Waals surface area contributed by atoms with Gasteiger partial charge in [-0.2, -0.15) is 4.31 Å². The first-order valence-corrected chi connectivity index (χ1v) is 14.5. The van der Waals surface area contributed by atoms with Crippen LogP contribution in [-0.2, 0) is 36.2 Å². The van der Waals surface area contributed by atoms with Crippen LogP contribution in [0.1, 0.15) is 12.0 Å². The molecular weight excluding hydrogens is 558 g/mol. The van der Waals surface area contributed by atoms with Crippen LogP contribution in [0, 0.1) is 0 Å². The Morgan fingerprint density at radius 3 is 2.18 bits per heavy atom. The molecule has 1 fully saturated rings. The zero-order valence-electron chi connectivity index (χ0n) is 19.5. The van der Waals surface area contributed by atoms with Gasteiger partial charge in [0, 0.05) is 11.6 Å². The first-order chi connectivity index (χ1) is 17.9. The van der Waals surface area contributed by atoms with Gasteiger partial charge in [0.15, 0.2) is 11.5 Å². The highest BCUT2D eigenvalue weighted by molar-refractivity contribution is 7.89. The second-order valence-electron chi connectivity index (χ2n) is 8.52. The van der Waals surface area contributed by atoms with Gasteiger partial charge in [-0.1, -0.05) is 17.7 Å². The average molecular weight is 578 g/mol. The summed E-state index contributed by atoms with van der Waals surface area (Å²) in [4.78, 5) is 27.0. The van der Waals surface area contributed by atoms with Crippen LogP contribution in [0.3, 0.4) is 0 Å². The number of primary sulfonamides is 1. The summed E-state index contributed by atoms with van der Waals surface area (Å²) in [6.07, 6.45) is -0.423. The zero-order valence-corrected chi connectivity index (χ0v) is 21.9. The molecule has 2 amide bonds. The standard InChI is InChI=1S/C24H20ClN3O8S2/c25-16-2-6-19(7-3-16)38(33,34)27(13-15-1-10-21-22(11-15)36-14-35-21)20-12-23(29)28(24(20)30)17-4-8-18(9-5-17)37(26,31)32/h1-11,20H,12-14H2,(H2,26,31,32). The molecule has 2 N–H and O–H groups in total. The van der Waals surface area contributed by atoms with E-state index in [0.29, 0.717) is 22.1 Å². The number of benzene rings is 3. The van der Waals surface area contributed by atoms with Crippen molar-refractivity contribution in [1.82, 2.24) is 4.31 Å². The molecule has 38 heavy (non-hydrogen) atoms. The number of imide groups is 1. The monoisotopic (exact) mass is 577 g/mol. The van der Waals surface area contributed by atoms with Crippen LogP contribution in [0.4, 0.5) is 5.69 Å². The molecule has 1 unspecified atom stereocenters. The van der Waals surface area contributed by atoms with Crippen LogP contribution in [0.5, 0.6) is 11.5 Å². The van der Waals surface area contributed by atoms with Crippen LogP contribution in [0.2, 0.25) is 5.02 Å². The molecule has 0 spiro atoms.